The van der Waals surface area contributed by atoms with Gasteiger partial charge in [0, 0.05) is 18.5 Å². The van der Waals surface area contributed by atoms with Crippen LogP contribution in [0.2, 0.25) is 0 Å². The normalized spacial score (nSPS) is 13.2. The zero-order valence-electron chi connectivity index (χ0n) is 28.5. The Hall–Kier alpha value is -4.75. The number of hydrogen-bond donors (Lipinski definition) is 2. The molecule has 3 aromatic carbocycles. The fourth-order valence-corrected chi connectivity index (χ4v) is 7.22. The number of hydrogen-bond acceptors (Lipinski definition) is 9. The molecular weight excluding hydrogens is 650 g/mol. The highest BCUT2D eigenvalue weighted by atomic mass is 32.2. The second-order valence-corrected chi connectivity index (χ2v) is 13.1. The number of sulfonamides is 1. The highest BCUT2D eigenvalue weighted by Crippen LogP contribution is 2.29. The number of likely N-dealkylation sites (N-methyl/N-ethyl adjacent to an activating group) is 1. The van der Waals surface area contributed by atoms with E-state index in [2.05, 4.69) is 10.6 Å². The first-order valence-corrected chi connectivity index (χ1v) is 17.5. The maximum atomic E-state index is 13.8. The van der Waals surface area contributed by atoms with Crippen LogP contribution in [0.3, 0.4) is 0 Å². The zero-order chi connectivity index (χ0) is 36.0. The van der Waals surface area contributed by atoms with Gasteiger partial charge in [0.1, 0.15) is 12.1 Å². The fourth-order valence-electron chi connectivity index (χ4n) is 5.60. The summed E-state index contributed by atoms with van der Waals surface area (Å²) in [5.74, 6) is -2.27. The van der Waals surface area contributed by atoms with Crippen molar-refractivity contribution in [3.63, 3.8) is 0 Å². The van der Waals surface area contributed by atoms with E-state index in [1.165, 1.54) is 38.5 Å². The lowest BCUT2D eigenvalue weighted by molar-refractivity contribution is -0.148. The SMILES string of the molecule is CCOC(=O)[C@H](CCC[C@H](C)NC(=O)[C@@H](NC(=O)OC)C(c1ccccc1)c1ccccc1)N(CC)S(=O)(=O)c1ccc(C(=O)OC)cc1. The van der Waals surface area contributed by atoms with Crippen molar-refractivity contribution in [3.8, 4) is 0 Å². The molecule has 3 aromatic rings. The van der Waals surface area contributed by atoms with Crippen LogP contribution in [0.5, 0.6) is 0 Å². The molecule has 0 bridgehead atoms. The maximum absolute atomic E-state index is 13.8. The van der Waals surface area contributed by atoms with E-state index in [1.807, 2.05) is 60.7 Å². The van der Waals surface area contributed by atoms with Crippen molar-refractivity contribution in [2.45, 2.75) is 69.0 Å². The van der Waals surface area contributed by atoms with Crippen LogP contribution < -0.4 is 10.6 Å². The molecule has 12 nitrogen and oxygen atoms in total. The summed E-state index contributed by atoms with van der Waals surface area (Å²) in [6.45, 7) is 5.10. The average Bonchev–Trinajstić information content (AvgIpc) is 3.11. The molecule has 0 saturated heterocycles. The molecule has 3 atom stereocenters. The molecule has 0 aliphatic heterocycles. The first kappa shape index (κ1) is 38.7. The summed E-state index contributed by atoms with van der Waals surface area (Å²) < 4.78 is 43.3. The molecule has 2 amide bonds. The Bertz CT molecular complexity index is 1600. The van der Waals surface area contributed by atoms with Crippen LogP contribution >= 0.6 is 0 Å². The van der Waals surface area contributed by atoms with Gasteiger partial charge >= 0.3 is 18.0 Å². The van der Waals surface area contributed by atoms with Crippen molar-refractivity contribution in [2.75, 3.05) is 27.4 Å². The van der Waals surface area contributed by atoms with Crippen LogP contribution in [0.1, 0.15) is 67.4 Å². The van der Waals surface area contributed by atoms with Crippen molar-refractivity contribution in [2.24, 2.45) is 0 Å². The lowest BCUT2D eigenvalue weighted by atomic mass is 9.84. The van der Waals surface area contributed by atoms with E-state index >= 15 is 0 Å². The largest absolute Gasteiger partial charge is 0.465 e. The molecule has 0 spiro atoms. The van der Waals surface area contributed by atoms with Crippen molar-refractivity contribution >= 4 is 34.0 Å². The molecule has 0 aliphatic rings. The molecule has 3 rings (SSSR count). The van der Waals surface area contributed by atoms with E-state index in [0.29, 0.717) is 12.8 Å². The van der Waals surface area contributed by atoms with Crippen LogP contribution in [-0.4, -0.2) is 82.2 Å². The monoisotopic (exact) mass is 695 g/mol. The summed E-state index contributed by atoms with van der Waals surface area (Å²) in [6, 6.07) is 21.4. The number of nitrogens with one attached hydrogen (secondary N) is 2. The second-order valence-electron chi connectivity index (χ2n) is 11.2. The van der Waals surface area contributed by atoms with Gasteiger partial charge in [0.05, 0.1) is 31.3 Å². The summed E-state index contributed by atoms with van der Waals surface area (Å²) in [4.78, 5) is 51.2. The molecule has 0 heterocycles. The minimum absolute atomic E-state index is 0.0158. The zero-order valence-corrected chi connectivity index (χ0v) is 29.3. The van der Waals surface area contributed by atoms with Crippen LogP contribution in [0.25, 0.3) is 0 Å². The summed E-state index contributed by atoms with van der Waals surface area (Å²) in [6.07, 6.45) is 0.100. The van der Waals surface area contributed by atoms with E-state index in [1.54, 1.807) is 20.8 Å². The number of alkyl carbamates (subject to hydrolysis) is 1. The molecular formula is C36H45N3O9S. The fraction of sp³-hybridized carbons (Fsp3) is 0.389. The minimum atomic E-state index is -4.16. The summed E-state index contributed by atoms with van der Waals surface area (Å²) in [7, 11) is -1.71. The third kappa shape index (κ3) is 10.4. The molecule has 264 valence electrons. The summed E-state index contributed by atoms with van der Waals surface area (Å²) >= 11 is 0. The Morgan fingerprint density at radius 2 is 1.35 bits per heavy atom. The predicted octanol–water partition coefficient (Wildman–Crippen LogP) is 4.65. The third-order valence-corrected chi connectivity index (χ3v) is 9.99. The van der Waals surface area contributed by atoms with Gasteiger partial charge in [0.15, 0.2) is 0 Å². The van der Waals surface area contributed by atoms with Crippen molar-refractivity contribution in [1.29, 1.82) is 0 Å². The Kier molecular flexibility index (Phi) is 14.8. The molecule has 0 aliphatic carbocycles. The van der Waals surface area contributed by atoms with Gasteiger partial charge in [-0.3, -0.25) is 9.59 Å². The lowest BCUT2D eigenvalue weighted by Crippen LogP contribution is -2.52. The second kappa shape index (κ2) is 18.7. The number of rotatable bonds is 17. The minimum Gasteiger partial charge on any atom is -0.465 e. The average molecular weight is 696 g/mol. The topological polar surface area (TPSA) is 157 Å². The van der Waals surface area contributed by atoms with Crippen LogP contribution in [-0.2, 0) is 33.8 Å². The standard InChI is InChI=1S/C36H45N3O9S/c1-6-39(49(44,45)29-23-21-28(22-24-29)34(41)46-4)30(35(42)48-7-2)20-14-15-25(3)37-33(40)32(38-36(43)47-5)31(26-16-10-8-11-17-26)27-18-12-9-13-19-27/h8-13,16-19,21-25,30-32H,6-7,14-15,20H2,1-5H3,(H,37,40)(H,38,43)/t25-,30-,32-/m0/s1. The summed E-state index contributed by atoms with van der Waals surface area (Å²) in [5, 5.41) is 5.69. The number of nitrogens with zero attached hydrogens (tertiary/aromatic N) is 1. The lowest BCUT2D eigenvalue weighted by Gasteiger charge is -2.30. The van der Waals surface area contributed by atoms with E-state index in [0.717, 1.165) is 15.4 Å². The Morgan fingerprint density at radius 1 is 0.776 bits per heavy atom. The predicted molar refractivity (Wildman–Crippen MR) is 183 cm³/mol. The Morgan fingerprint density at radius 3 is 1.84 bits per heavy atom. The molecule has 13 heteroatoms. The van der Waals surface area contributed by atoms with Gasteiger partial charge < -0.3 is 24.8 Å². The number of benzene rings is 3. The molecule has 49 heavy (non-hydrogen) atoms. The molecule has 0 fully saturated rings. The number of methoxy groups -OCH3 is 2. The first-order chi connectivity index (χ1) is 23.5. The van der Waals surface area contributed by atoms with E-state index < -0.39 is 58.0 Å². The number of carbonyl (C=O) groups is 4. The highest BCUT2D eigenvalue weighted by molar-refractivity contribution is 7.89. The molecule has 2 N–H and O–H groups in total. The van der Waals surface area contributed by atoms with Gasteiger partial charge in [0.25, 0.3) is 0 Å². The Balaban J connectivity index is 1.79. The molecule has 0 radical (unpaired) electrons. The van der Waals surface area contributed by atoms with Crippen LogP contribution in [0.4, 0.5) is 4.79 Å². The molecule has 0 aromatic heterocycles. The van der Waals surface area contributed by atoms with E-state index in [4.69, 9.17) is 14.2 Å². The van der Waals surface area contributed by atoms with Gasteiger partial charge in [-0.15, -0.1) is 0 Å². The number of esters is 2. The van der Waals surface area contributed by atoms with Crippen LogP contribution in [0.15, 0.2) is 89.8 Å². The molecule has 0 saturated carbocycles. The quantitative estimate of drug-likeness (QED) is 0.152. The number of ether oxygens (including phenoxy) is 3. The molecule has 0 unspecified atom stereocenters. The smallest absolute Gasteiger partial charge is 0.407 e. The van der Waals surface area contributed by atoms with Gasteiger partial charge in [0.2, 0.25) is 15.9 Å². The highest BCUT2D eigenvalue weighted by Gasteiger charge is 2.36. The number of amides is 2. The number of carbonyl (C=O) groups excluding carboxylic acids is 4. The van der Waals surface area contributed by atoms with Crippen LogP contribution in [0, 0.1) is 0 Å². The first-order valence-electron chi connectivity index (χ1n) is 16.1. The van der Waals surface area contributed by atoms with Gasteiger partial charge in [-0.1, -0.05) is 67.6 Å². The van der Waals surface area contributed by atoms with Gasteiger partial charge in [-0.25, -0.2) is 18.0 Å². The van der Waals surface area contributed by atoms with Crippen molar-refractivity contribution in [1.82, 2.24) is 14.9 Å². The van der Waals surface area contributed by atoms with Gasteiger partial charge in [-0.2, -0.15) is 4.31 Å². The Labute approximate surface area is 288 Å². The van der Waals surface area contributed by atoms with Crippen molar-refractivity contribution in [3.05, 3.63) is 102 Å². The van der Waals surface area contributed by atoms with Crippen molar-refractivity contribution < 1.29 is 41.8 Å². The third-order valence-electron chi connectivity index (χ3n) is 8.00. The maximum Gasteiger partial charge on any atom is 0.407 e. The van der Waals surface area contributed by atoms with E-state index in [-0.39, 0.29) is 30.0 Å². The van der Waals surface area contributed by atoms with E-state index in [9.17, 15) is 27.6 Å². The van der Waals surface area contributed by atoms with Gasteiger partial charge in [-0.05, 0) is 68.5 Å². The summed E-state index contributed by atoms with van der Waals surface area (Å²) in [5.41, 5.74) is 1.82.